The molecule has 0 spiro atoms. The van der Waals surface area contributed by atoms with Crippen molar-refractivity contribution in [2.75, 3.05) is 75.3 Å². The number of nitrogens with two attached hydrogens (primary N) is 1. The van der Waals surface area contributed by atoms with Crippen molar-refractivity contribution < 1.29 is 118 Å². The minimum Gasteiger partial charge on any atom is -1.00 e. The van der Waals surface area contributed by atoms with Crippen LogP contribution in [0.25, 0.3) is 22.3 Å². The number of rotatable bonds is 47. The third-order valence-corrected chi connectivity index (χ3v) is 23.2. The van der Waals surface area contributed by atoms with E-state index in [1.807, 2.05) is 55.5 Å². The number of aromatic hydroxyl groups is 2. The van der Waals surface area contributed by atoms with Gasteiger partial charge in [-0.15, -0.1) is 0 Å². The molecule has 0 heterocycles. The Morgan fingerprint density at radius 3 is 1.07 bits per heavy atom. The van der Waals surface area contributed by atoms with E-state index in [1.54, 1.807) is 193 Å². The Labute approximate surface area is 833 Å². The Hall–Kier alpha value is -11.0. The number of phenols is 2. The van der Waals surface area contributed by atoms with Crippen molar-refractivity contribution in [3.63, 3.8) is 0 Å². The van der Waals surface area contributed by atoms with Crippen molar-refractivity contribution in [2.45, 2.75) is 175 Å². The molecule has 8 aromatic carbocycles. The molecule has 30 heteroatoms. The van der Waals surface area contributed by atoms with Crippen molar-refractivity contribution in [2.24, 2.45) is 41.2 Å². The molecular formula is C105H133Cl2N8NaO18S. The first-order valence-corrected chi connectivity index (χ1v) is 46.5. The number of thiol groups is 1. The topological polar surface area (TPSA) is 365 Å². The summed E-state index contributed by atoms with van der Waals surface area (Å²) in [6, 6.07) is 50.4. The molecule has 0 unspecified atom stereocenters. The summed E-state index contributed by atoms with van der Waals surface area (Å²) >= 11 is 15.9. The summed E-state index contributed by atoms with van der Waals surface area (Å²) in [5.41, 5.74) is 11.9. The van der Waals surface area contributed by atoms with Crippen molar-refractivity contribution in [3.8, 4) is 45.3 Å². The fourth-order valence-electron chi connectivity index (χ4n) is 15.3. The second-order valence-corrected chi connectivity index (χ2v) is 36.7. The molecule has 26 nitrogen and oxygen atoms in total. The molecule has 0 aliphatic carbocycles. The molecule has 7 N–H and O–H groups in total. The van der Waals surface area contributed by atoms with Gasteiger partial charge in [0.1, 0.15) is 40.7 Å². The maximum absolute atomic E-state index is 14.8. The van der Waals surface area contributed by atoms with Crippen molar-refractivity contribution in [1.82, 2.24) is 35.6 Å². The molecule has 135 heavy (non-hydrogen) atoms. The van der Waals surface area contributed by atoms with Gasteiger partial charge in [0.25, 0.3) is 0 Å². The zero-order valence-electron chi connectivity index (χ0n) is 81.8. The SMILES string of the molecule is CCS.COc1ccc(C[C@H](NC(=O)[C@H](C)CC(=O)[C@H](c2ccc(OC)cc2)N(C)C(=O)[C@H](CCCCNC(=O)OC(C)(C)C)CC(=O)c2ccc(-c3ccc(Cl)cc3)cc2)C(=O)C[C@@H](C)C(=O)N(C)C)cc1.C[C@H](CC(=O)[C@H](c1ccc(O)cc1)N(C)C(=O)[C@H](CCCCN)CC(=O)c1ccc(-c2ccc(Cl)cc2)cc1)C(=O)N[C@@H](Cc1ccc(O)cc1)C(=O)C[C@@H](C)C(=O)N(C)C.[H-].[Na+]. The Balaban J connectivity index is 0.000000549. The number of ketones is 6. The molecule has 0 aromatic heterocycles. The molecule has 0 saturated heterocycles. The van der Waals surface area contributed by atoms with Gasteiger partial charge in [-0.25, -0.2) is 4.79 Å². The first-order valence-electron chi connectivity index (χ1n) is 45.1. The first kappa shape index (κ1) is 114. The van der Waals surface area contributed by atoms with Gasteiger partial charge < -0.3 is 67.1 Å². The van der Waals surface area contributed by atoms with Crippen LogP contribution in [0.3, 0.4) is 0 Å². The van der Waals surface area contributed by atoms with Crippen molar-refractivity contribution >= 4 is 112 Å². The van der Waals surface area contributed by atoms with E-state index in [-0.39, 0.29) is 142 Å². The van der Waals surface area contributed by atoms with Crippen LogP contribution in [-0.4, -0.2) is 199 Å². The number of phenolic OH excluding ortho intramolecular Hbond substituents is 2. The van der Waals surface area contributed by atoms with Gasteiger partial charge in [0, 0.05) is 144 Å². The molecule has 0 fully saturated rings. The number of methoxy groups -OCH3 is 2. The van der Waals surface area contributed by atoms with E-state index < -0.39 is 107 Å². The number of hydrogen-bond donors (Lipinski definition) is 7. The number of carbonyl (C=O) groups excluding carboxylic acids is 13. The van der Waals surface area contributed by atoms with Gasteiger partial charge in [-0.1, -0.05) is 192 Å². The van der Waals surface area contributed by atoms with Crippen LogP contribution in [0.5, 0.6) is 23.0 Å². The van der Waals surface area contributed by atoms with E-state index in [0.717, 1.165) is 33.6 Å². The average Bonchev–Trinajstić information content (AvgIpc) is 0.811. The summed E-state index contributed by atoms with van der Waals surface area (Å²) in [6.07, 6.45) is 1.26. The van der Waals surface area contributed by atoms with E-state index in [9.17, 15) is 72.5 Å². The van der Waals surface area contributed by atoms with Crippen molar-refractivity contribution in [3.05, 3.63) is 238 Å². The minimum atomic E-state index is -1.18. The van der Waals surface area contributed by atoms with Gasteiger partial charge >= 0.3 is 35.7 Å². The standard InChI is InChI=1S/C55H69ClN4O10.C48H57ClN4O8.C2H6S.Na.H/c1-35(51(64)58-46(33-37-14-26-44(68-9)27-15-37)48(62)32-36(2)52(65)59(6)7)31-49(63)50(41-22-28-45(69-10)29-23-41)60(8)53(66)42(13-11-12-30-57-54(67)70-55(3,4)5)34-47(61)40-18-16-38(17-19-40)39-20-24-43(56)25-21-39;1-30(46(59)51-41(28-32-9-21-39(54)22-10-32)43(57)27-31(2)47(60)52(3)4)26-44(58)45(36-17-23-40(55)24-18-36)53(5)48(61)37(8-6-7-25-50)29-42(56)35-13-11-33(12-14-35)34-15-19-38(49)20-16-34;1-2-3;;/h14-29,35-36,42,46,50H,11-13,30-34H2,1-10H3,(H,57,67)(H,58,64);9-24,30-31,37,41,45,54-55H,6-8,25-29,50H2,1-5H3,(H,51,59);3H,2H2,1H3;;/q;;;+1;-1/t35-,36-,42-,46+,50+;30-,31-,37-,41+,45+;;;/m11.../s1. The maximum atomic E-state index is 14.8. The van der Waals surface area contributed by atoms with Crippen LogP contribution >= 0.6 is 35.8 Å². The van der Waals surface area contributed by atoms with E-state index in [4.69, 9.17) is 43.1 Å². The van der Waals surface area contributed by atoms with Crippen molar-refractivity contribution in [1.29, 1.82) is 0 Å². The number of likely N-dealkylation sites (N-methyl/N-ethyl adjacent to an activating group) is 2. The van der Waals surface area contributed by atoms with Gasteiger partial charge in [-0.3, -0.25) is 57.5 Å². The van der Waals surface area contributed by atoms with Crippen LogP contribution in [-0.2, 0) is 65.5 Å². The van der Waals surface area contributed by atoms with Crippen LogP contribution < -0.4 is 60.7 Å². The molecule has 0 radical (unpaired) electrons. The van der Waals surface area contributed by atoms with Gasteiger partial charge in [-0.2, -0.15) is 12.6 Å². The second-order valence-electron chi connectivity index (χ2n) is 35.2. The summed E-state index contributed by atoms with van der Waals surface area (Å²) in [4.78, 5) is 184. The monoisotopic (exact) mass is 1920 g/mol. The largest absolute Gasteiger partial charge is 1.00 e. The van der Waals surface area contributed by atoms with Gasteiger partial charge in [0.15, 0.2) is 34.7 Å². The number of alkyl carbamates (subject to hydrolysis) is 1. The van der Waals surface area contributed by atoms with Gasteiger partial charge in [-0.05, 0) is 189 Å². The van der Waals surface area contributed by atoms with Gasteiger partial charge in [0.05, 0.1) is 26.3 Å². The molecule has 0 saturated carbocycles. The van der Waals surface area contributed by atoms with Gasteiger partial charge in [0.2, 0.25) is 35.4 Å². The number of nitrogens with zero attached hydrogens (tertiary/aromatic N) is 4. The smallest absolute Gasteiger partial charge is 1.00 e. The average molecular weight is 1920 g/mol. The summed E-state index contributed by atoms with van der Waals surface area (Å²) in [7, 11) is 12.5. The number of Topliss-reactive ketones (excluding diaryl/α,β-unsaturated/α-hetero) is 6. The Bertz CT molecular complexity index is 5210. The third-order valence-electron chi connectivity index (χ3n) is 22.7. The molecule has 8 rings (SSSR count). The zero-order valence-corrected chi connectivity index (χ0v) is 85.2. The van der Waals surface area contributed by atoms with Crippen LogP contribution in [0.2, 0.25) is 10.0 Å². The predicted molar refractivity (Wildman–Crippen MR) is 527 cm³/mol. The second kappa shape index (κ2) is 57.1. The van der Waals surface area contributed by atoms with E-state index in [2.05, 4.69) is 28.6 Å². The number of amides is 7. The summed E-state index contributed by atoms with van der Waals surface area (Å²) < 4.78 is 16.0. The van der Waals surface area contributed by atoms with E-state index in [1.165, 1.54) is 77.2 Å². The molecule has 0 aliphatic heterocycles. The van der Waals surface area contributed by atoms with E-state index >= 15 is 0 Å². The number of carbonyl (C=O) groups is 13. The predicted octanol–water partition coefficient (Wildman–Crippen LogP) is 14.1. The summed E-state index contributed by atoms with van der Waals surface area (Å²) in [6.45, 7) is 14.4. The number of ether oxygens (including phenoxy) is 3. The number of unbranched alkanes of at least 4 members (excludes halogenated alkanes) is 2. The summed E-state index contributed by atoms with van der Waals surface area (Å²) in [5.74, 6) is -7.39. The molecule has 0 aliphatic rings. The van der Waals surface area contributed by atoms with Crippen LogP contribution in [0.4, 0.5) is 4.79 Å². The Kier molecular flexibility index (Phi) is 48.4. The van der Waals surface area contributed by atoms with Crippen LogP contribution in [0.1, 0.15) is 189 Å². The minimum absolute atomic E-state index is 0. The fraction of sp³-hybridized carbons (Fsp3) is 0.419. The molecule has 7 amide bonds. The molecular weight excluding hydrogens is 1790 g/mol. The number of benzene rings is 8. The third kappa shape index (κ3) is 37.5. The first-order chi connectivity index (χ1) is 63.5. The zero-order chi connectivity index (χ0) is 99.2. The summed E-state index contributed by atoms with van der Waals surface area (Å²) in [5, 5.41) is 29.5. The number of nitrogens with one attached hydrogen (secondary N) is 3. The van der Waals surface area contributed by atoms with Crippen LogP contribution in [0, 0.1) is 35.5 Å². The Morgan fingerprint density at radius 2 is 0.741 bits per heavy atom. The molecule has 10 atom stereocenters. The fourth-order valence-corrected chi connectivity index (χ4v) is 15.6. The molecule has 0 bridgehead atoms. The quantitative estimate of drug-likeness (QED) is 0.00806. The van der Waals surface area contributed by atoms with Crippen LogP contribution in [0.15, 0.2) is 194 Å². The molecule has 722 valence electrons. The maximum Gasteiger partial charge on any atom is 1.00 e. The van der Waals surface area contributed by atoms with E-state index in [0.29, 0.717) is 88.0 Å². The molecule has 8 aromatic rings. The number of hydrogen-bond acceptors (Lipinski definition) is 20. The normalized spacial score (nSPS) is 13.2. The Morgan fingerprint density at radius 1 is 0.430 bits per heavy atom. The number of halogens is 2.